The molecule has 5 heteroatoms. The highest BCUT2D eigenvalue weighted by molar-refractivity contribution is 5.53. The van der Waals surface area contributed by atoms with Crippen molar-refractivity contribution in [2.75, 3.05) is 5.73 Å². The molecule has 1 heterocycles. The van der Waals surface area contributed by atoms with E-state index in [2.05, 4.69) is 11.2 Å². The topological polar surface area (TPSA) is 67.6 Å². The van der Waals surface area contributed by atoms with Crippen molar-refractivity contribution in [3.8, 4) is 6.07 Å². The number of rotatable bonds is 4. The third-order valence-electron chi connectivity index (χ3n) is 3.40. The molecule has 2 aromatic rings. The van der Waals surface area contributed by atoms with Gasteiger partial charge >= 0.3 is 0 Å². The first-order chi connectivity index (χ1) is 9.56. The Labute approximate surface area is 117 Å². The number of nitrogen functional groups attached to an aromatic ring is 1. The van der Waals surface area contributed by atoms with E-state index in [-0.39, 0.29) is 11.9 Å². The van der Waals surface area contributed by atoms with Gasteiger partial charge in [0.25, 0.3) is 0 Å². The quantitative estimate of drug-likeness (QED) is 0.930. The lowest BCUT2D eigenvalue weighted by Gasteiger charge is -2.10. The van der Waals surface area contributed by atoms with Crippen molar-refractivity contribution < 1.29 is 4.39 Å². The molecule has 0 aliphatic heterocycles. The van der Waals surface area contributed by atoms with Crippen LogP contribution in [0.4, 0.5) is 10.2 Å². The van der Waals surface area contributed by atoms with E-state index >= 15 is 0 Å². The van der Waals surface area contributed by atoms with Gasteiger partial charge in [-0.1, -0.05) is 19.1 Å². The molecule has 0 spiro atoms. The number of halogens is 1. The summed E-state index contributed by atoms with van der Waals surface area (Å²) in [6, 6.07) is 8.51. The predicted molar refractivity (Wildman–Crippen MR) is 75.6 cm³/mol. The van der Waals surface area contributed by atoms with Gasteiger partial charge in [0.1, 0.15) is 23.3 Å². The van der Waals surface area contributed by atoms with Crippen LogP contribution >= 0.6 is 0 Å². The summed E-state index contributed by atoms with van der Waals surface area (Å²) in [5, 5.41) is 13.7. The molecule has 0 saturated heterocycles. The van der Waals surface area contributed by atoms with Gasteiger partial charge in [0.15, 0.2) is 0 Å². The van der Waals surface area contributed by atoms with Gasteiger partial charge in [0.2, 0.25) is 0 Å². The van der Waals surface area contributed by atoms with Crippen LogP contribution in [0, 0.1) is 17.1 Å². The van der Waals surface area contributed by atoms with E-state index in [0.717, 1.165) is 12.0 Å². The van der Waals surface area contributed by atoms with Gasteiger partial charge in [0.05, 0.1) is 11.7 Å². The first kappa shape index (κ1) is 14.1. The Balaban J connectivity index is 2.39. The Morgan fingerprint density at radius 2 is 2.25 bits per heavy atom. The largest absolute Gasteiger partial charge is 0.383 e. The molecule has 0 aliphatic rings. The molecule has 2 N–H and O–H groups in total. The van der Waals surface area contributed by atoms with Gasteiger partial charge in [-0.2, -0.15) is 10.4 Å². The summed E-state index contributed by atoms with van der Waals surface area (Å²) < 4.78 is 14.9. The fourth-order valence-electron chi connectivity index (χ4n) is 2.09. The first-order valence-corrected chi connectivity index (χ1v) is 6.58. The van der Waals surface area contributed by atoms with Gasteiger partial charge in [-0.05, 0) is 31.0 Å². The molecule has 20 heavy (non-hydrogen) atoms. The predicted octanol–water partition coefficient (Wildman–Crippen LogP) is 3.04. The molecule has 1 atom stereocenters. The lowest BCUT2D eigenvalue weighted by Crippen LogP contribution is -2.09. The molecule has 104 valence electrons. The molecule has 0 saturated carbocycles. The molecule has 1 aromatic heterocycles. The summed E-state index contributed by atoms with van der Waals surface area (Å²) in [7, 11) is 0. The van der Waals surface area contributed by atoms with E-state index in [4.69, 9.17) is 5.73 Å². The maximum absolute atomic E-state index is 13.2. The molecular weight excluding hydrogens is 255 g/mol. The smallest absolute Gasteiger partial charge is 0.140 e. The van der Waals surface area contributed by atoms with Gasteiger partial charge in [-0.15, -0.1) is 0 Å². The first-order valence-electron chi connectivity index (χ1n) is 6.58. The van der Waals surface area contributed by atoms with E-state index in [1.165, 1.54) is 12.1 Å². The minimum absolute atomic E-state index is 0.128. The zero-order valence-corrected chi connectivity index (χ0v) is 11.6. The number of nitriles is 1. The van der Waals surface area contributed by atoms with Crippen molar-refractivity contribution in [1.29, 1.82) is 5.26 Å². The van der Waals surface area contributed by atoms with E-state index in [9.17, 15) is 9.65 Å². The maximum atomic E-state index is 13.2. The normalized spacial score (nSPS) is 12.1. The number of aromatic nitrogens is 2. The van der Waals surface area contributed by atoms with E-state index in [0.29, 0.717) is 23.5 Å². The Morgan fingerprint density at radius 3 is 2.85 bits per heavy atom. The lowest BCUT2D eigenvalue weighted by molar-refractivity contribution is 0.481. The molecule has 0 bridgehead atoms. The Hall–Kier alpha value is -2.35. The highest BCUT2D eigenvalue weighted by Crippen LogP contribution is 2.23. The standard InChI is InChI=1S/C15H17FN4/c1-3-10(2)20-15(18)13(9-17)14(19-20)8-11-5-4-6-12(16)7-11/h4-7,10H,3,8,18H2,1-2H3/t10-/m1/s1. The lowest BCUT2D eigenvalue weighted by atomic mass is 10.1. The highest BCUT2D eigenvalue weighted by Gasteiger charge is 2.18. The van der Waals surface area contributed by atoms with Crippen LogP contribution in [-0.2, 0) is 6.42 Å². The average molecular weight is 272 g/mol. The number of anilines is 1. The molecule has 0 radical (unpaired) electrons. The second-order valence-electron chi connectivity index (χ2n) is 4.83. The molecular formula is C15H17FN4. The Kier molecular flexibility index (Phi) is 4.04. The fourth-order valence-corrected chi connectivity index (χ4v) is 2.09. The number of benzene rings is 1. The van der Waals surface area contributed by atoms with E-state index < -0.39 is 0 Å². The molecule has 2 rings (SSSR count). The van der Waals surface area contributed by atoms with Crippen LogP contribution in [0.3, 0.4) is 0 Å². The van der Waals surface area contributed by atoms with Crippen LogP contribution in [0.5, 0.6) is 0 Å². The molecule has 0 unspecified atom stereocenters. The van der Waals surface area contributed by atoms with Crippen molar-refractivity contribution in [3.05, 3.63) is 46.9 Å². The Morgan fingerprint density at radius 1 is 1.50 bits per heavy atom. The molecule has 0 fully saturated rings. The summed E-state index contributed by atoms with van der Waals surface area (Å²) >= 11 is 0. The summed E-state index contributed by atoms with van der Waals surface area (Å²) in [4.78, 5) is 0. The van der Waals surface area contributed by atoms with Crippen molar-refractivity contribution in [2.45, 2.75) is 32.7 Å². The van der Waals surface area contributed by atoms with Crippen LogP contribution in [0.1, 0.15) is 43.1 Å². The van der Waals surface area contributed by atoms with Crippen LogP contribution < -0.4 is 5.73 Å². The van der Waals surface area contributed by atoms with Gasteiger partial charge in [0, 0.05) is 6.42 Å². The van der Waals surface area contributed by atoms with Crippen molar-refractivity contribution in [2.24, 2.45) is 0 Å². The van der Waals surface area contributed by atoms with Crippen LogP contribution in [0.25, 0.3) is 0 Å². The van der Waals surface area contributed by atoms with Crippen molar-refractivity contribution in [3.63, 3.8) is 0 Å². The van der Waals surface area contributed by atoms with E-state index in [1.54, 1.807) is 10.7 Å². The van der Waals surface area contributed by atoms with Crippen molar-refractivity contribution in [1.82, 2.24) is 9.78 Å². The van der Waals surface area contributed by atoms with E-state index in [1.807, 2.05) is 19.9 Å². The number of hydrogen-bond donors (Lipinski definition) is 1. The third-order valence-corrected chi connectivity index (χ3v) is 3.40. The van der Waals surface area contributed by atoms with Crippen LogP contribution in [-0.4, -0.2) is 9.78 Å². The highest BCUT2D eigenvalue weighted by atomic mass is 19.1. The number of nitrogens with zero attached hydrogens (tertiary/aromatic N) is 3. The maximum Gasteiger partial charge on any atom is 0.140 e. The number of hydrogen-bond acceptors (Lipinski definition) is 3. The molecule has 1 aromatic carbocycles. The van der Waals surface area contributed by atoms with Crippen LogP contribution in [0.15, 0.2) is 24.3 Å². The average Bonchev–Trinajstić information content (AvgIpc) is 2.74. The summed E-state index contributed by atoms with van der Waals surface area (Å²) in [5.41, 5.74) is 7.73. The van der Waals surface area contributed by atoms with Crippen molar-refractivity contribution >= 4 is 5.82 Å². The molecule has 0 amide bonds. The third kappa shape index (κ3) is 2.64. The second-order valence-corrected chi connectivity index (χ2v) is 4.83. The van der Waals surface area contributed by atoms with Gasteiger partial charge < -0.3 is 5.73 Å². The molecule has 4 nitrogen and oxygen atoms in total. The summed E-state index contributed by atoms with van der Waals surface area (Å²) in [5.74, 6) is 0.0867. The van der Waals surface area contributed by atoms with Gasteiger partial charge in [-0.3, -0.25) is 0 Å². The zero-order valence-electron chi connectivity index (χ0n) is 11.6. The van der Waals surface area contributed by atoms with Crippen LogP contribution in [0.2, 0.25) is 0 Å². The van der Waals surface area contributed by atoms with Gasteiger partial charge in [-0.25, -0.2) is 9.07 Å². The molecule has 0 aliphatic carbocycles. The SMILES string of the molecule is CC[C@@H](C)n1nc(Cc2cccc(F)c2)c(C#N)c1N. The number of nitrogens with two attached hydrogens (primary N) is 1. The minimum atomic E-state index is -0.296. The zero-order chi connectivity index (χ0) is 14.7. The monoisotopic (exact) mass is 272 g/mol. The minimum Gasteiger partial charge on any atom is -0.383 e. The second kappa shape index (κ2) is 5.74. The summed E-state index contributed by atoms with van der Waals surface area (Å²) in [6.07, 6.45) is 1.27. The fraction of sp³-hybridized carbons (Fsp3) is 0.333. The Bertz CT molecular complexity index is 654. The summed E-state index contributed by atoms with van der Waals surface area (Å²) in [6.45, 7) is 4.03.